The monoisotopic (exact) mass is 315 g/mol. The summed E-state index contributed by atoms with van der Waals surface area (Å²) in [5.41, 5.74) is 2.35. The summed E-state index contributed by atoms with van der Waals surface area (Å²) in [6.07, 6.45) is 0. The molecular formula is C16H17N3O2S. The van der Waals surface area contributed by atoms with Crippen LogP contribution in [0.5, 0.6) is 5.75 Å². The molecule has 0 spiro atoms. The van der Waals surface area contributed by atoms with Crippen LogP contribution in [0.2, 0.25) is 0 Å². The van der Waals surface area contributed by atoms with Crippen molar-refractivity contribution in [3.8, 4) is 16.6 Å². The normalized spacial score (nSPS) is 11.3. The number of thiazole rings is 1. The summed E-state index contributed by atoms with van der Waals surface area (Å²) in [5, 5.41) is 3.29. The summed E-state index contributed by atoms with van der Waals surface area (Å²) in [7, 11) is 1.61. The van der Waals surface area contributed by atoms with Crippen LogP contribution in [-0.4, -0.2) is 22.1 Å². The van der Waals surface area contributed by atoms with Gasteiger partial charge in [0.25, 0.3) is 5.56 Å². The molecule has 0 bridgehead atoms. The number of fused-ring (bicyclic) bond motifs is 1. The SMILES string of the molecule is COc1ccc2c(=O)[nH]c(-c3nc(C(C)C)cs3)nc2c1C. The quantitative estimate of drug-likeness (QED) is 0.803. The molecule has 22 heavy (non-hydrogen) atoms. The summed E-state index contributed by atoms with van der Waals surface area (Å²) in [6.45, 7) is 6.08. The molecule has 6 heteroatoms. The van der Waals surface area contributed by atoms with Gasteiger partial charge < -0.3 is 9.72 Å². The van der Waals surface area contributed by atoms with E-state index >= 15 is 0 Å². The van der Waals surface area contributed by atoms with E-state index in [1.54, 1.807) is 19.2 Å². The lowest BCUT2D eigenvalue weighted by molar-refractivity contribution is 0.412. The number of nitrogens with zero attached hydrogens (tertiary/aromatic N) is 2. The highest BCUT2D eigenvalue weighted by molar-refractivity contribution is 7.13. The Morgan fingerprint density at radius 1 is 1.27 bits per heavy atom. The first-order valence-electron chi connectivity index (χ1n) is 7.04. The third kappa shape index (κ3) is 2.39. The fourth-order valence-electron chi connectivity index (χ4n) is 2.31. The zero-order valence-electron chi connectivity index (χ0n) is 12.9. The van der Waals surface area contributed by atoms with Gasteiger partial charge in [-0.1, -0.05) is 13.8 Å². The van der Waals surface area contributed by atoms with E-state index in [-0.39, 0.29) is 5.56 Å². The predicted octanol–water partition coefficient (Wildman–Crippen LogP) is 3.49. The molecule has 1 N–H and O–H groups in total. The van der Waals surface area contributed by atoms with E-state index in [1.165, 1.54) is 11.3 Å². The van der Waals surface area contributed by atoms with Crippen LogP contribution in [0.1, 0.15) is 31.0 Å². The molecule has 3 aromatic rings. The number of H-pyrrole nitrogens is 1. The molecule has 0 unspecified atom stereocenters. The minimum Gasteiger partial charge on any atom is -0.496 e. The molecule has 0 saturated carbocycles. The van der Waals surface area contributed by atoms with Crippen LogP contribution in [-0.2, 0) is 0 Å². The molecule has 0 fully saturated rings. The summed E-state index contributed by atoms with van der Waals surface area (Å²) >= 11 is 1.49. The number of hydrogen-bond acceptors (Lipinski definition) is 5. The summed E-state index contributed by atoms with van der Waals surface area (Å²) in [4.78, 5) is 24.3. The summed E-state index contributed by atoms with van der Waals surface area (Å²) in [6, 6.07) is 3.52. The standard InChI is InChI=1S/C16H17N3O2S/c1-8(2)11-7-22-16(17-11)14-18-13-9(3)12(21-4)6-5-10(13)15(20)19-14/h5-8H,1-4H3,(H,18,19,20). The number of ether oxygens (including phenoxy) is 1. The molecule has 0 amide bonds. The molecule has 1 aromatic carbocycles. The lowest BCUT2D eigenvalue weighted by Gasteiger charge is -2.07. The molecule has 3 rings (SSSR count). The van der Waals surface area contributed by atoms with Crippen LogP contribution >= 0.6 is 11.3 Å². The van der Waals surface area contributed by atoms with E-state index in [0.29, 0.717) is 22.6 Å². The molecule has 5 nitrogen and oxygen atoms in total. The van der Waals surface area contributed by atoms with Gasteiger partial charge >= 0.3 is 0 Å². The van der Waals surface area contributed by atoms with E-state index in [2.05, 4.69) is 28.8 Å². The van der Waals surface area contributed by atoms with Crippen molar-refractivity contribution in [1.29, 1.82) is 0 Å². The second-order valence-corrected chi connectivity index (χ2v) is 6.29. The lowest BCUT2D eigenvalue weighted by Crippen LogP contribution is -2.10. The summed E-state index contributed by atoms with van der Waals surface area (Å²) in [5.74, 6) is 1.57. The topological polar surface area (TPSA) is 67.9 Å². The van der Waals surface area contributed by atoms with Gasteiger partial charge in [-0.15, -0.1) is 11.3 Å². The minimum absolute atomic E-state index is 0.160. The number of benzene rings is 1. The first-order valence-corrected chi connectivity index (χ1v) is 7.92. The lowest BCUT2D eigenvalue weighted by atomic mass is 10.1. The van der Waals surface area contributed by atoms with Crippen molar-refractivity contribution in [1.82, 2.24) is 15.0 Å². The number of aromatic nitrogens is 3. The first-order chi connectivity index (χ1) is 10.5. The van der Waals surface area contributed by atoms with Gasteiger partial charge in [-0.2, -0.15) is 0 Å². The number of rotatable bonds is 3. The first kappa shape index (κ1) is 14.7. The third-order valence-corrected chi connectivity index (χ3v) is 4.48. The van der Waals surface area contributed by atoms with Crippen molar-refractivity contribution in [3.05, 3.63) is 39.1 Å². The van der Waals surface area contributed by atoms with E-state index in [4.69, 9.17) is 4.74 Å². The average Bonchev–Trinajstić information content (AvgIpc) is 2.98. The number of hydrogen-bond donors (Lipinski definition) is 1. The highest BCUT2D eigenvalue weighted by atomic mass is 32.1. The molecule has 2 heterocycles. The molecule has 0 atom stereocenters. The van der Waals surface area contributed by atoms with Gasteiger partial charge in [0, 0.05) is 10.9 Å². The number of nitrogens with one attached hydrogen (secondary N) is 1. The maximum atomic E-state index is 12.3. The van der Waals surface area contributed by atoms with Crippen molar-refractivity contribution in [2.75, 3.05) is 7.11 Å². The van der Waals surface area contributed by atoms with Crippen LogP contribution in [0.25, 0.3) is 21.7 Å². The van der Waals surface area contributed by atoms with Crippen LogP contribution in [0.4, 0.5) is 0 Å². The molecule has 114 valence electrons. The predicted molar refractivity (Wildman–Crippen MR) is 88.8 cm³/mol. The zero-order valence-corrected chi connectivity index (χ0v) is 13.7. The Morgan fingerprint density at radius 3 is 2.68 bits per heavy atom. The van der Waals surface area contributed by atoms with Gasteiger partial charge in [-0.3, -0.25) is 4.79 Å². The van der Waals surface area contributed by atoms with Crippen LogP contribution < -0.4 is 10.3 Å². The van der Waals surface area contributed by atoms with Gasteiger partial charge in [0.1, 0.15) is 5.75 Å². The molecule has 0 saturated heterocycles. The largest absolute Gasteiger partial charge is 0.496 e. The average molecular weight is 315 g/mol. The maximum Gasteiger partial charge on any atom is 0.259 e. The fraction of sp³-hybridized carbons (Fsp3) is 0.312. The second-order valence-electron chi connectivity index (χ2n) is 5.44. The highest BCUT2D eigenvalue weighted by Gasteiger charge is 2.14. The zero-order chi connectivity index (χ0) is 15.9. The van der Waals surface area contributed by atoms with Crippen molar-refractivity contribution >= 4 is 22.2 Å². The molecule has 0 radical (unpaired) electrons. The Bertz CT molecular complexity index is 896. The Morgan fingerprint density at radius 2 is 2.05 bits per heavy atom. The molecular weight excluding hydrogens is 298 g/mol. The smallest absolute Gasteiger partial charge is 0.259 e. The fourth-order valence-corrected chi connectivity index (χ4v) is 3.23. The minimum atomic E-state index is -0.160. The highest BCUT2D eigenvalue weighted by Crippen LogP contribution is 2.27. The Hall–Kier alpha value is -2.21. The van der Waals surface area contributed by atoms with Gasteiger partial charge in [-0.25, -0.2) is 9.97 Å². The second kappa shape index (κ2) is 5.53. The number of methoxy groups -OCH3 is 1. The van der Waals surface area contributed by atoms with Crippen molar-refractivity contribution in [2.24, 2.45) is 0 Å². The van der Waals surface area contributed by atoms with Crippen molar-refractivity contribution < 1.29 is 4.74 Å². The van der Waals surface area contributed by atoms with Gasteiger partial charge in [0.05, 0.1) is 23.7 Å². The van der Waals surface area contributed by atoms with Gasteiger partial charge in [0.15, 0.2) is 10.8 Å². The van der Waals surface area contributed by atoms with Crippen molar-refractivity contribution in [3.63, 3.8) is 0 Å². The maximum absolute atomic E-state index is 12.3. The van der Waals surface area contributed by atoms with E-state index in [0.717, 1.165) is 22.0 Å². The molecule has 0 aliphatic carbocycles. The van der Waals surface area contributed by atoms with E-state index in [9.17, 15) is 4.79 Å². The van der Waals surface area contributed by atoms with Gasteiger partial charge in [-0.05, 0) is 25.0 Å². The van der Waals surface area contributed by atoms with Crippen LogP contribution in [0.15, 0.2) is 22.3 Å². The summed E-state index contributed by atoms with van der Waals surface area (Å²) < 4.78 is 5.31. The third-order valence-electron chi connectivity index (χ3n) is 3.62. The van der Waals surface area contributed by atoms with E-state index < -0.39 is 0 Å². The Balaban J connectivity index is 2.22. The van der Waals surface area contributed by atoms with Crippen LogP contribution in [0, 0.1) is 6.92 Å². The van der Waals surface area contributed by atoms with Gasteiger partial charge in [0.2, 0.25) is 0 Å². The van der Waals surface area contributed by atoms with Crippen LogP contribution in [0.3, 0.4) is 0 Å². The van der Waals surface area contributed by atoms with E-state index in [1.807, 2.05) is 12.3 Å². The molecule has 0 aliphatic heterocycles. The number of aryl methyl sites for hydroxylation is 1. The Kier molecular flexibility index (Phi) is 3.70. The molecule has 2 aromatic heterocycles. The van der Waals surface area contributed by atoms with Crippen molar-refractivity contribution in [2.45, 2.75) is 26.7 Å². The number of aromatic amines is 1. The Labute approximate surface area is 132 Å². The molecule has 0 aliphatic rings.